The molecule has 0 bridgehead atoms. The summed E-state index contributed by atoms with van der Waals surface area (Å²) in [5.74, 6) is 1.69. The summed E-state index contributed by atoms with van der Waals surface area (Å²) in [6.45, 7) is 2.84. The molecule has 2 heterocycles. The van der Waals surface area contributed by atoms with Gasteiger partial charge in [-0.25, -0.2) is 15.0 Å². The number of rotatable bonds is 5. The molecular formula is C11H16N6. The molecule has 0 spiro atoms. The lowest BCUT2D eigenvalue weighted by Crippen LogP contribution is -2.08. The Labute approximate surface area is 100 Å². The standard InChI is InChI=1S/C11H16N6/c1-3-9-6-11(14-7-13-9)12-5-4-10-15-8-17(2)16-10/h6-8H,3-5H2,1-2H3,(H,12,13,14). The first-order valence-electron chi connectivity index (χ1n) is 5.67. The van der Waals surface area contributed by atoms with Crippen molar-refractivity contribution in [1.82, 2.24) is 24.7 Å². The number of aryl methyl sites for hydroxylation is 2. The Morgan fingerprint density at radius 2 is 2.18 bits per heavy atom. The molecule has 0 aromatic carbocycles. The summed E-state index contributed by atoms with van der Waals surface area (Å²) >= 11 is 0. The first-order chi connectivity index (χ1) is 8.28. The van der Waals surface area contributed by atoms with E-state index in [9.17, 15) is 0 Å². The van der Waals surface area contributed by atoms with Crippen LogP contribution in [-0.4, -0.2) is 31.3 Å². The molecular weight excluding hydrogens is 216 g/mol. The summed E-state index contributed by atoms with van der Waals surface area (Å²) in [7, 11) is 1.86. The largest absolute Gasteiger partial charge is 0.370 e. The molecule has 0 aliphatic carbocycles. The van der Waals surface area contributed by atoms with Crippen LogP contribution in [0.1, 0.15) is 18.4 Å². The quantitative estimate of drug-likeness (QED) is 0.826. The number of nitrogens with zero attached hydrogens (tertiary/aromatic N) is 5. The fraction of sp³-hybridized carbons (Fsp3) is 0.455. The van der Waals surface area contributed by atoms with E-state index in [1.54, 1.807) is 17.3 Å². The lowest BCUT2D eigenvalue weighted by molar-refractivity contribution is 0.741. The molecule has 6 heteroatoms. The van der Waals surface area contributed by atoms with Crippen LogP contribution in [0.15, 0.2) is 18.7 Å². The second-order valence-corrected chi connectivity index (χ2v) is 3.76. The zero-order chi connectivity index (χ0) is 12.1. The van der Waals surface area contributed by atoms with Gasteiger partial charge in [-0.1, -0.05) is 6.92 Å². The van der Waals surface area contributed by atoms with E-state index in [-0.39, 0.29) is 0 Å². The highest BCUT2D eigenvalue weighted by Crippen LogP contribution is 2.04. The second kappa shape index (κ2) is 5.38. The Morgan fingerprint density at radius 1 is 1.29 bits per heavy atom. The van der Waals surface area contributed by atoms with Gasteiger partial charge in [0.1, 0.15) is 18.5 Å². The predicted molar refractivity (Wildman–Crippen MR) is 64.6 cm³/mol. The van der Waals surface area contributed by atoms with Gasteiger partial charge in [0.15, 0.2) is 5.82 Å². The molecule has 0 saturated carbocycles. The maximum absolute atomic E-state index is 4.21. The number of hydrogen-bond acceptors (Lipinski definition) is 5. The van der Waals surface area contributed by atoms with Gasteiger partial charge in [0.05, 0.1) is 0 Å². The van der Waals surface area contributed by atoms with E-state index in [2.05, 4.69) is 32.3 Å². The van der Waals surface area contributed by atoms with Crippen molar-refractivity contribution in [3.8, 4) is 0 Å². The molecule has 2 aromatic rings. The van der Waals surface area contributed by atoms with Crippen LogP contribution >= 0.6 is 0 Å². The second-order valence-electron chi connectivity index (χ2n) is 3.76. The van der Waals surface area contributed by atoms with E-state index in [0.717, 1.165) is 36.7 Å². The minimum absolute atomic E-state index is 0.768. The molecule has 0 amide bonds. The van der Waals surface area contributed by atoms with E-state index in [4.69, 9.17) is 0 Å². The van der Waals surface area contributed by atoms with E-state index < -0.39 is 0 Å². The van der Waals surface area contributed by atoms with Gasteiger partial charge in [-0.2, -0.15) is 5.10 Å². The minimum atomic E-state index is 0.768. The van der Waals surface area contributed by atoms with Gasteiger partial charge in [0.25, 0.3) is 0 Å². The molecule has 2 aromatic heterocycles. The van der Waals surface area contributed by atoms with Crippen LogP contribution < -0.4 is 5.32 Å². The highest BCUT2D eigenvalue weighted by Gasteiger charge is 2.00. The SMILES string of the molecule is CCc1cc(NCCc2ncn(C)n2)ncn1. The first kappa shape index (κ1) is 11.5. The van der Waals surface area contributed by atoms with Crippen molar-refractivity contribution < 1.29 is 0 Å². The van der Waals surface area contributed by atoms with E-state index in [1.807, 2.05) is 13.1 Å². The molecule has 0 fully saturated rings. The van der Waals surface area contributed by atoms with Gasteiger partial charge in [0.2, 0.25) is 0 Å². The smallest absolute Gasteiger partial charge is 0.152 e. The average Bonchev–Trinajstić information content (AvgIpc) is 2.75. The van der Waals surface area contributed by atoms with Crippen LogP contribution in [0.2, 0.25) is 0 Å². The average molecular weight is 232 g/mol. The highest BCUT2D eigenvalue weighted by molar-refractivity contribution is 5.34. The van der Waals surface area contributed by atoms with Crippen LogP contribution in [0.3, 0.4) is 0 Å². The van der Waals surface area contributed by atoms with Gasteiger partial charge in [-0.3, -0.25) is 4.68 Å². The third kappa shape index (κ3) is 3.24. The first-order valence-corrected chi connectivity index (χ1v) is 5.67. The Hall–Kier alpha value is -1.98. The van der Waals surface area contributed by atoms with Crippen LogP contribution in [-0.2, 0) is 19.9 Å². The van der Waals surface area contributed by atoms with Crippen molar-refractivity contribution >= 4 is 5.82 Å². The van der Waals surface area contributed by atoms with Crippen LogP contribution in [0.5, 0.6) is 0 Å². The van der Waals surface area contributed by atoms with Crippen molar-refractivity contribution in [3.05, 3.63) is 30.2 Å². The van der Waals surface area contributed by atoms with Crippen molar-refractivity contribution in [1.29, 1.82) is 0 Å². The lowest BCUT2D eigenvalue weighted by Gasteiger charge is -2.04. The molecule has 6 nitrogen and oxygen atoms in total. The van der Waals surface area contributed by atoms with Crippen molar-refractivity contribution in [2.75, 3.05) is 11.9 Å². The Kier molecular flexibility index (Phi) is 3.64. The molecule has 0 radical (unpaired) electrons. The summed E-state index contributed by atoms with van der Waals surface area (Å²) < 4.78 is 1.70. The van der Waals surface area contributed by atoms with Crippen LogP contribution in [0.4, 0.5) is 5.82 Å². The number of hydrogen-bond donors (Lipinski definition) is 1. The molecule has 1 N–H and O–H groups in total. The van der Waals surface area contributed by atoms with Gasteiger partial charge in [-0.05, 0) is 6.42 Å². The number of aromatic nitrogens is 5. The molecule has 2 rings (SSSR count). The third-order valence-corrected chi connectivity index (χ3v) is 2.39. The monoisotopic (exact) mass is 232 g/mol. The molecule has 0 atom stereocenters. The van der Waals surface area contributed by atoms with Gasteiger partial charge in [-0.15, -0.1) is 0 Å². The Morgan fingerprint density at radius 3 is 2.88 bits per heavy atom. The topological polar surface area (TPSA) is 68.5 Å². The maximum atomic E-state index is 4.21. The molecule has 0 unspecified atom stereocenters. The number of nitrogens with one attached hydrogen (secondary N) is 1. The molecule has 0 aliphatic heterocycles. The van der Waals surface area contributed by atoms with E-state index in [0.29, 0.717) is 0 Å². The highest BCUT2D eigenvalue weighted by atomic mass is 15.3. The number of anilines is 1. The van der Waals surface area contributed by atoms with Crippen molar-refractivity contribution in [3.63, 3.8) is 0 Å². The minimum Gasteiger partial charge on any atom is -0.370 e. The Bertz CT molecular complexity index is 478. The van der Waals surface area contributed by atoms with Crippen LogP contribution in [0.25, 0.3) is 0 Å². The van der Waals surface area contributed by atoms with Crippen molar-refractivity contribution in [2.45, 2.75) is 19.8 Å². The lowest BCUT2D eigenvalue weighted by atomic mass is 10.3. The molecule has 90 valence electrons. The summed E-state index contributed by atoms with van der Waals surface area (Å²) in [6, 6.07) is 1.96. The normalized spacial score (nSPS) is 10.5. The summed E-state index contributed by atoms with van der Waals surface area (Å²) in [6.07, 6.45) is 4.99. The van der Waals surface area contributed by atoms with E-state index >= 15 is 0 Å². The Balaban J connectivity index is 1.85. The zero-order valence-corrected chi connectivity index (χ0v) is 10.1. The summed E-state index contributed by atoms with van der Waals surface area (Å²) in [5, 5.41) is 7.45. The summed E-state index contributed by atoms with van der Waals surface area (Å²) in [4.78, 5) is 12.5. The fourth-order valence-electron chi connectivity index (χ4n) is 1.49. The summed E-state index contributed by atoms with van der Waals surface area (Å²) in [5.41, 5.74) is 1.04. The predicted octanol–water partition coefficient (Wildman–Crippen LogP) is 0.822. The zero-order valence-electron chi connectivity index (χ0n) is 10.1. The third-order valence-electron chi connectivity index (χ3n) is 2.39. The fourth-order valence-corrected chi connectivity index (χ4v) is 1.49. The molecule has 0 aliphatic rings. The van der Waals surface area contributed by atoms with Crippen molar-refractivity contribution in [2.24, 2.45) is 7.05 Å². The molecule has 0 saturated heterocycles. The van der Waals surface area contributed by atoms with Gasteiger partial charge >= 0.3 is 0 Å². The van der Waals surface area contributed by atoms with Gasteiger partial charge < -0.3 is 5.32 Å². The van der Waals surface area contributed by atoms with Crippen LogP contribution in [0, 0.1) is 0 Å². The molecule has 17 heavy (non-hydrogen) atoms. The van der Waals surface area contributed by atoms with E-state index in [1.165, 1.54) is 0 Å². The van der Waals surface area contributed by atoms with Gasteiger partial charge in [0, 0.05) is 31.8 Å². The maximum Gasteiger partial charge on any atom is 0.152 e.